The van der Waals surface area contributed by atoms with Gasteiger partial charge in [-0.25, -0.2) is 4.79 Å². The summed E-state index contributed by atoms with van der Waals surface area (Å²) in [5.41, 5.74) is 2.40. The zero-order valence-corrected chi connectivity index (χ0v) is 13.1. The lowest BCUT2D eigenvalue weighted by Gasteiger charge is -2.07. The van der Waals surface area contributed by atoms with Gasteiger partial charge in [0.2, 0.25) is 0 Å². The number of ether oxygens (including phenoxy) is 2. The molecule has 0 heterocycles. The van der Waals surface area contributed by atoms with Crippen LogP contribution < -0.4 is 9.47 Å². The first-order valence-corrected chi connectivity index (χ1v) is 7.41. The van der Waals surface area contributed by atoms with E-state index < -0.39 is 5.97 Å². The molecule has 120 valence electrons. The number of phenols is 1. The zero-order valence-electron chi connectivity index (χ0n) is 13.1. The SMILES string of the molecule is COc1ccc(C(=O)Oc2ccc(-c3ccc(O)cc3)cc2)cc1. The third-order valence-corrected chi connectivity index (χ3v) is 3.59. The minimum Gasteiger partial charge on any atom is -0.508 e. The molecule has 0 radical (unpaired) electrons. The van der Waals surface area contributed by atoms with Crippen LogP contribution in [0.2, 0.25) is 0 Å². The van der Waals surface area contributed by atoms with Gasteiger partial charge in [-0.15, -0.1) is 0 Å². The molecule has 3 aromatic rings. The summed E-state index contributed by atoms with van der Waals surface area (Å²) >= 11 is 0. The smallest absolute Gasteiger partial charge is 0.343 e. The second-order valence-corrected chi connectivity index (χ2v) is 5.19. The number of rotatable bonds is 4. The van der Waals surface area contributed by atoms with Crippen LogP contribution in [0, 0.1) is 0 Å². The van der Waals surface area contributed by atoms with Crippen LogP contribution in [0.5, 0.6) is 17.2 Å². The number of aromatic hydroxyl groups is 1. The summed E-state index contributed by atoms with van der Waals surface area (Å²) in [5.74, 6) is 0.960. The number of carbonyl (C=O) groups excluding carboxylic acids is 1. The molecule has 0 aromatic heterocycles. The first-order valence-electron chi connectivity index (χ1n) is 7.41. The van der Waals surface area contributed by atoms with Crippen molar-refractivity contribution in [3.63, 3.8) is 0 Å². The lowest BCUT2D eigenvalue weighted by molar-refractivity contribution is 0.0734. The van der Waals surface area contributed by atoms with E-state index in [-0.39, 0.29) is 5.75 Å². The molecule has 0 fully saturated rings. The summed E-state index contributed by atoms with van der Waals surface area (Å²) in [6, 6.07) is 20.9. The van der Waals surface area contributed by atoms with Crippen LogP contribution >= 0.6 is 0 Å². The van der Waals surface area contributed by atoms with Gasteiger partial charge in [0.15, 0.2) is 0 Å². The van der Waals surface area contributed by atoms with Gasteiger partial charge in [-0.2, -0.15) is 0 Å². The van der Waals surface area contributed by atoms with Crippen molar-refractivity contribution in [2.24, 2.45) is 0 Å². The minimum absolute atomic E-state index is 0.226. The molecule has 24 heavy (non-hydrogen) atoms. The molecular weight excluding hydrogens is 304 g/mol. The zero-order chi connectivity index (χ0) is 16.9. The molecule has 0 unspecified atom stereocenters. The van der Waals surface area contributed by atoms with E-state index in [2.05, 4.69) is 0 Å². The molecule has 0 amide bonds. The Hall–Kier alpha value is -3.27. The van der Waals surface area contributed by atoms with Crippen LogP contribution in [0.3, 0.4) is 0 Å². The number of hydrogen-bond acceptors (Lipinski definition) is 4. The Morgan fingerprint density at radius 1 is 0.750 bits per heavy atom. The highest BCUT2D eigenvalue weighted by atomic mass is 16.5. The van der Waals surface area contributed by atoms with Gasteiger partial charge in [-0.05, 0) is 59.7 Å². The number of esters is 1. The number of phenolic OH excluding ortho intramolecular Hbond substituents is 1. The fraction of sp³-hybridized carbons (Fsp3) is 0.0500. The highest BCUT2D eigenvalue weighted by molar-refractivity contribution is 5.91. The second-order valence-electron chi connectivity index (χ2n) is 5.19. The molecule has 0 bridgehead atoms. The van der Waals surface area contributed by atoms with Crippen molar-refractivity contribution in [1.29, 1.82) is 0 Å². The van der Waals surface area contributed by atoms with Crippen LogP contribution in [0.1, 0.15) is 10.4 Å². The van der Waals surface area contributed by atoms with Crippen molar-refractivity contribution >= 4 is 5.97 Å². The number of benzene rings is 3. The Morgan fingerprint density at radius 2 is 1.25 bits per heavy atom. The van der Waals surface area contributed by atoms with Gasteiger partial charge in [0.25, 0.3) is 0 Å². The summed E-state index contributed by atoms with van der Waals surface area (Å²) in [6.45, 7) is 0. The summed E-state index contributed by atoms with van der Waals surface area (Å²) in [4.78, 5) is 12.1. The lowest BCUT2D eigenvalue weighted by atomic mass is 10.1. The topological polar surface area (TPSA) is 55.8 Å². The average Bonchev–Trinajstić information content (AvgIpc) is 2.63. The summed E-state index contributed by atoms with van der Waals surface area (Å²) in [6.07, 6.45) is 0. The molecule has 0 aliphatic carbocycles. The van der Waals surface area contributed by atoms with Crippen LogP contribution in [0.15, 0.2) is 72.8 Å². The predicted octanol–water partition coefficient (Wildman–Crippen LogP) is 4.29. The van der Waals surface area contributed by atoms with E-state index in [0.717, 1.165) is 11.1 Å². The van der Waals surface area contributed by atoms with Gasteiger partial charge in [0.05, 0.1) is 12.7 Å². The van der Waals surface area contributed by atoms with E-state index in [4.69, 9.17) is 9.47 Å². The highest BCUT2D eigenvalue weighted by Crippen LogP contribution is 2.24. The molecular formula is C20H16O4. The Kier molecular flexibility index (Phi) is 4.47. The average molecular weight is 320 g/mol. The maximum Gasteiger partial charge on any atom is 0.343 e. The number of hydrogen-bond donors (Lipinski definition) is 1. The fourth-order valence-electron chi connectivity index (χ4n) is 2.26. The maximum absolute atomic E-state index is 12.1. The molecule has 0 spiro atoms. The van der Waals surface area contributed by atoms with Crippen LogP contribution in [-0.2, 0) is 0 Å². The first kappa shape index (κ1) is 15.6. The van der Waals surface area contributed by atoms with E-state index in [1.54, 1.807) is 55.6 Å². The Balaban J connectivity index is 1.71. The molecule has 0 saturated carbocycles. The van der Waals surface area contributed by atoms with Gasteiger partial charge >= 0.3 is 5.97 Å². The molecule has 0 saturated heterocycles. The van der Waals surface area contributed by atoms with Gasteiger partial charge < -0.3 is 14.6 Å². The van der Waals surface area contributed by atoms with E-state index in [1.165, 1.54) is 0 Å². The number of methoxy groups -OCH3 is 1. The van der Waals surface area contributed by atoms with Crippen molar-refractivity contribution in [2.75, 3.05) is 7.11 Å². The third kappa shape index (κ3) is 3.55. The Morgan fingerprint density at radius 3 is 1.79 bits per heavy atom. The van der Waals surface area contributed by atoms with E-state index in [1.807, 2.05) is 24.3 Å². The maximum atomic E-state index is 12.1. The summed E-state index contributed by atoms with van der Waals surface area (Å²) < 4.78 is 10.4. The van der Waals surface area contributed by atoms with Crippen molar-refractivity contribution < 1.29 is 19.4 Å². The monoisotopic (exact) mass is 320 g/mol. The summed E-state index contributed by atoms with van der Waals surface area (Å²) in [5, 5.41) is 9.32. The van der Waals surface area contributed by atoms with Crippen molar-refractivity contribution in [3.8, 4) is 28.4 Å². The van der Waals surface area contributed by atoms with Gasteiger partial charge in [-0.3, -0.25) is 0 Å². The molecule has 4 nitrogen and oxygen atoms in total. The third-order valence-electron chi connectivity index (χ3n) is 3.59. The fourth-order valence-corrected chi connectivity index (χ4v) is 2.26. The van der Waals surface area contributed by atoms with Gasteiger partial charge in [0, 0.05) is 0 Å². The minimum atomic E-state index is -0.421. The lowest BCUT2D eigenvalue weighted by Crippen LogP contribution is -2.08. The molecule has 0 atom stereocenters. The molecule has 0 aliphatic rings. The number of carbonyl (C=O) groups is 1. The summed E-state index contributed by atoms with van der Waals surface area (Å²) in [7, 11) is 1.57. The largest absolute Gasteiger partial charge is 0.508 e. The van der Waals surface area contributed by atoms with Crippen molar-refractivity contribution in [3.05, 3.63) is 78.4 Å². The van der Waals surface area contributed by atoms with E-state index in [0.29, 0.717) is 17.1 Å². The van der Waals surface area contributed by atoms with Gasteiger partial charge in [0.1, 0.15) is 17.2 Å². The standard InChI is InChI=1S/C20H16O4/c1-23-18-10-6-16(7-11-18)20(22)24-19-12-4-15(5-13-19)14-2-8-17(21)9-3-14/h2-13,21H,1H3. The van der Waals surface area contributed by atoms with E-state index in [9.17, 15) is 9.90 Å². The molecule has 3 rings (SSSR count). The highest BCUT2D eigenvalue weighted by Gasteiger charge is 2.09. The Bertz CT molecular complexity index is 819. The normalized spacial score (nSPS) is 10.2. The van der Waals surface area contributed by atoms with E-state index >= 15 is 0 Å². The molecule has 1 N–H and O–H groups in total. The van der Waals surface area contributed by atoms with Crippen LogP contribution in [0.25, 0.3) is 11.1 Å². The van der Waals surface area contributed by atoms with Gasteiger partial charge in [-0.1, -0.05) is 24.3 Å². The first-order chi connectivity index (χ1) is 11.7. The molecule has 0 aliphatic heterocycles. The van der Waals surface area contributed by atoms with Crippen molar-refractivity contribution in [2.45, 2.75) is 0 Å². The Labute approximate surface area is 139 Å². The molecule has 3 aromatic carbocycles. The van der Waals surface area contributed by atoms with Crippen LogP contribution in [-0.4, -0.2) is 18.2 Å². The van der Waals surface area contributed by atoms with Crippen molar-refractivity contribution in [1.82, 2.24) is 0 Å². The molecule has 4 heteroatoms. The quantitative estimate of drug-likeness (QED) is 0.575. The second kappa shape index (κ2) is 6.87. The van der Waals surface area contributed by atoms with Crippen LogP contribution in [0.4, 0.5) is 0 Å². The predicted molar refractivity (Wildman–Crippen MR) is 91.5 cm³/mol.